The van der Waals surface area contributed by atoms with Crippen molar-refractivity contribution in [2.24, 2.45) is 5.92 Å². The van der Waals surface area contributed by atoms with Gasteiger partial charge in [-0.15, -0.1) is 0 Å². The predicted octanol–water partition coefficient (Wildman–Crippen LogP) is 5.59. The normalized spacial score (nSPS) is 13.5. The number of nitrogens with one attached hydrogen (secondary N) is 1. The van der Waals surface area contributed by atoms with Gasteiger partial charge in [-0.2, -0.15) is 0 Å². The molecule has 2 N–H and O–H groups in total. The molecule has 0 heterocycles. The molecule has 1 aliphatic rings. The molecule has 1 aliphatic carbocycles. The van der Waals surface area contributed by atoms with E-state index in [1.54, 1.807) is 19.2 Å². The van der Waals surface area contributed by atoms with Crippen molar-refractivity contribution < 1.29 is 18.3 Å². The first-order valence-corrected chi connectivity index (χ1v) is 16.0. The molecule has 7 heteroatoms. The van der Waals surface area contributed by atoms with Gasteiger partial charge in [-0.25, -0.2) is 12.7 Å². The van der Waals surface area contributed by atoms with E-state index in [1.807, 2.05) is 44.2 Å². The minimum atomic E-state index is -3.45. The van der Waals surface area contributed by atoms with Gasteiger partial charge in [-0.05, 0) is 97.9 Å². The number of rotatable bonds is 12. The number of aryl methyl sites for hydroxylation is 2. The summed E-state index contributed by atoms with van der Waals surface area (Å²) < 4.78 is 26.2. The average molecular weight is 579 g/mol. The lowest BCUT2D eigenvalue weighted by molar-refractivity contribution is -0.107. The second kappa shape index (κ2) is 14.9. The average Bonchev–Trinajstić information content (AvgIpc) is 3.36. The summed E-state index contributed by atoms with van der Waals surface area (Å²) in [5, 5.41) is 12.3. The number of carbonyl (C=O) groups is 1. The number of carbonyl (C=O) groups excluding carboxylic acids is 1. The Bertz CT molecular complexity index is 1380. The number of benzene rings is 3. The van der Waals surface area contributed by atoms with Crippen molar-refractivity contribution in [2.45, 2.75) is 70.2 Å². The summed E-state index contributed by atoms with van der Waals surface area (Å²) in [4.78, 5) is 11.0. The number of hydrogen-bond acceptors (Lipinski definition) is 5. The lowest BCUT2D eigenvalue weighted by atomic mass is 9.88. The van der Waals surface area contributed by atoms with Crippen molar-refractivity contribution >= 4 is 16.3 Å². The van der Waals surface area contributed by atoms with Crippen LogP contribution in [0.2, 0.25) is 0 Å². The van der Waals surface area contributed by atoms with Gasteiger partial charge in [0.15, 0.2) is 0 Å². The molecule has 0 amide bonds. The molecule has 0 bridgehead atoms. The molecular weight excluding hydrogens is 532 g/mol. The molecule has 0 saturated heterocycles. The summed E-state index contributed by atoms with van der Waals surface area (Å²) in [6.45, 7) is 9.51. The lowest BCUT2D eigenvalue weighted by Crippen LogP contribution is -2.42. The Morgan fingerprint density at radius 1 is 1.00 bits per heavy atom. The van der Waals surface area contributed by atoms with Crippen LogP contribution in [0, 0.1) is 12.8 Å². The number of aliphatic hydroxyl groups excluding tert-OH is 1. The van der Waals surface area contributed by atoms with Crippen molar-refractivity contribution in [3.63, 3.8) is 0 Å². The molecule has 4 rings (SSSR count). The zero-order chi connectivity index (χ0) is 30.0. The van der Waals surface area contributed by atoms with Crippen molar-refractivity contribution in [1.82, 2.24) is 9.62 Å². The van der Waals surface area contributed by atoms with Gasteiger partial charge in [0.1, 0.15) is 6.29 Å². The zero-order valence-electron chi connectivity index (χ0n) is 25.2. The second-order valence-corrected chi connectivity index (χ2v) is 13.6. The Labute approximate surface area is 246 Å². The van der Waals surface area contributed by atoms with Crippen LogP contribution in [-0.4, -0.2) is 56.4 Å². The van der Waals surface area contributed by atoms with Crippen molar-refractivity contribution in [2.75, 3.05) is 26.7 Å². The summed E-state index contributed by atoms with van der Waals surface area (Å²) in [7, 11) is -1.87. The minimum absolute atomic E-state index is 0.120. The molecule has 6 nitrogen and oxygen atoms in total. The molecule has 0 radical (unpaired) electrons. The second-order valence-electron chi connectivity index (χ2n) is 11.5. The van der Waals surface area contributed by atoms with Crippen LogP contribution < -0.4 is 5.32 Å². The highest BCUT2D eigenvalue weighted by Gasteiger charge is 2.27. The van der Waals surface area contributed by atoms with Gasteiger partial charge in [0.25, 0.3) is 0 Å². The highest BCUT2D eigenvalue weighted by atomic mass is 32.2. The highest BCUT2D eigenvalue weighted by Crippen LogP contribution is 2.32. The fourth-order valence-electron chi connectivity index (χ4n) is 5.65. The van der Waals surface area contributed by atoms with Crippen LogP contribution >= 0.6 is 0 Å². The third kappa shape index (κ3) is 8.82. The van der Waals surface area contributed by atoms with Gasteiger partial charge in [0.2, 0.25) is 10.0 Å². The van der Waals surface area contributed by atoms with E-state index in [4.69, 9.17) is 5.11 Å². The van der Waals surface area contributed by atoms with Crippen LogP contribution in [-0.2, 0) is 34.1 Å². The van der Waals surface area contributed by atoms with Gasteiger partial charge in [0, 0.05) is 32.1 Å². The number of aliphatic hydroxyl groups is 1. The van der Waals surface area contributed by atoms with Crippen LogP contribution in [0.25, 0.3) is 11.1 Å². The standard InChI is InChI=1S/C19H23NO3S.C15H23NO/c1-4-20(3)24(22,23)17-11-12-18(15(2)14-17)19-10-6-5-8-16(19)9-7-13-21;1-15(2,16-7-8-17)11-12-9-13-5-3-4-6-14(13)10-12/h5-6,8,10-14H,4,7,9H2,1-3H3;3-6,12,16-17H,7-11H2,1-2H3. The van der Waals surface area contributed by atoms with Gasteiger partial charge < -0.3 is 15.2 Å². The summed E-state index contributed by atoms with van der Waals surface area (Å²) in [6, 6.07) is 21.9. The monoisotopic (exact) mass is 578 g/mol. The fraction of sp³-hybridized carbons (Fsp3) is 0.441. The highest BCUT2D eigenvalue weighted by molar-refractivity contribution is 7.89. The van der Waals surface area contributed by atoms with Gasteiger partial charge >= 0.3 is 0 Å². The Balaban J connectivity index is 0.000000239. The Morgan fingerprint density at radius 2 is 1.63 bits per heavy atom. The minimum Gasteiger partial charge on any atom is -0.395 e. The summed E-state index contributed by atoms with van der Waals surface area (Å²) in [6.07, 6.45) is 5.66. The smallest absolute Gasteiger partial charge is 0.242 e. The number of sulfonamides is 1. The molecule has 3 aromatic rings. The molecule has 41 heavy (non-hydrogen) atoms. The third-order valence-electron chi connectivity index (χ3n) is 7.84. The fourth-order valence-corrected chi connectivity index (χ4v) is 6.91. The predicted molar refractivity (Wildman–Crippen MR) is 168 cm³/mol. The van der Waals surface area contributed by atoms with E-state index >= 15 is 0 Å². The van der Waals surface area contributed by atoms with Crippen molar-refractivity contribution in [3.05, 3.63) is 89.0 Å². The quantitative estimate of drug-likeness (QED) is 0.274. The largest absolute Gasteiger partial charge is 0.395 e. The topological polar surface area (TPSA) is 86.7 Å². The Hall–Kier alpha value is -2.84. The SMILES string of the molecule is CC(C)(CC1Cc2ccccc2C1)NCCO.CCN(C)S(=O)(=O)c1ccc(-c2ccccc2CCC=O)c(C)c1. The molecule has 222 valence electrons. The Kier molecular flexibility index (Phi) is 11.9. The van der Waals surface area contributed by atoms with E-state index in [2.05, 4.69) is 43.4 Å². The molecule has 0 atom stereocenters. The maximum absolute atomic E-state index is 12.5. The molecule has 0 aromatic heterocycles. The number of β-amino-alcohol motifs (C(OH)–C–C–N with tert-alkyl or cyclic N) is 1. The number of hydrogen-bond donors (Lipinski definition) is 2. The first-order valence-electron chi connectivity index (χ1n) is 14.5. The number of fused-ring (bicyclic) bond motifs is 1. The Morgan fingerprint density at radius 3 is 2.22 bits per heavy atom. The lowest BCUT2D eigenvalue weighted by Gasteiger charge is -2.29. The van der Waals surface area contributed by atoms with E-state index < -0.39 is 10.0 Å². The zero-order valence-corrected chi connectivity index (χ0v) is 26.0. The van der Waals surface area contributed by atoms with Crippen molar-refractivity contribution in [3.8, 4) is 11.1 Å². The molecule has 0 saturated carbocycles. The van der Waals surface area contributed by atoms with E-state index in [0.717, 1.165) is 34.5 Å². The van der Waals surface area contributed by atoms with E-state index in [-0.39, 0.29) is 12.1 Å². The van der Waals surface area contributed by atoms with E-state index in [1.165, 1.54) is 34.7 Å². The van der Waals surface area contributed by atoms with Gasteiger partial charge in [0.05, 0.1) is 11.5 Å². The molecule has 0 spiro atoms. The van der Waals surface area contributed by atoms with Crippen LogP contribution in [0.3, 0.4) is 0 Å². The van der Waals surface area contributed by atoms with Crippen LogP contribution in [0.1, 0.15) is 55.9 Å². The summed E-state index contributed by atoms with van der Waals surface area (Å²) >= 11 is 0. The molecule has 0 unspecified atom stereocenters. The molecular formula is C34H46N2O4S. The van der Waals surface area contributed by atoms with E-state index in [9.17, 15) is 13.2 Å². The number of aldehydes is 1. The molecule has 0 aliphatic heterocycles. The van der Waals surface area contributed by atoms with Crippen LogP contribution in [0.5, 0.6) is 0 Å². The van der Waals surface area contributed by atoms with Gasteiger partial charge in [-0.3, -0.25) is 0 Å². The van der Waals surface area contributed by atoms with Crippen LogP contribution in [0.15, 0.2) is 71.6 Å². The maximum Gasteiger partial charge on any atom is 0.242 e. The first-order chi connectivity index (χ1) is 19.5. The summed E-state index contributed by atoms with van der Waals surface area (Å²) in [5.41, 5.74) is 7.20. The molecule has 3 aromatic carbocycles. The molecule has 0 fully saturated rings. The van der Waals surface area contributed by atoms with E-state index in [0.29, 0.717) is 30.8 Å². The number of nitrogens with zero attached hydrogens (tertiary/aromatic N) is 1. The first kappa shape index (κ1) is 32.7. The third-order valence-corrected chi connectivity index (χ3v) is 9.77. The summed E-state index contributed by atoms with van der Waals surface area (Å²) in [5.74, 6) is 0.744. The van der Waals surface area contributed by atoms with Gasteiger partial charge in [-0.1, -0.05) is 61.5 Å². The maximum atomic E-state index is 12.5. The van der Waals surface area contributed by atoms with Crippen LogP contribution in [0.4, 0.5) is 0 Å². The van der Waals surface area contributed by atoms with Crippen molar-refractivity contribution in [1.29, 1.82) is 0 Å².